The van der Waals surface area contributed by atoms with Gasteiger partial charge in [0.25, 0.3) is 0 Å². The average molecular weight is 415 g/mol. The fourth-order valence-corrected chi connectivity index (χ4v) is 6.35. The van der Waals surface area contributed by atoms with Crippen LogP contribution in [0.15, 0.2) is 24.3 Å². The van der Waals surface area contributed by atoms with Gasteiger partial charge >= 0.3 is 0 Å². The number of hydrogen-bond acceptors (Lipinski definition) is 6. The van der Waals surface area contributed by atoms with Crippen molar-refractivity contribution in [3.8, 4) is 5.75 Å². The van der Waals surface area contributed by atoms with E-state index in [1.54, 1.807) is 18.2 Å². The number of carbonyl (C=O) groups is 2. The number of fused-ring (bicyclic) bond motifs is 3. The largest absolute Gasteiger partial charge is 0.508 e. The van der Waals surface area contributed by atoms with Crippen LogP contribution in [0.2, 0.25) is 0 Å². The summed E-state index contributed by atoms with van der Waals surface area (Å²) in [4.78, 5) is 28.2. The van der Waals surface area contributed by atoms with E-state index in [2.05, 4.69) is 0 Å². The molecule has 1 aromatic rings. The Hall–Kier alpha value is -1.96. The molecule has 7 heteroatoms. The SMILES string of the molecule is O=C1[C@H]2[C@H](C[C@H](CO)[C@@]3(O)O[C@H](c4cccc(O)c4)C[C@@H]23)C(=O)N1C1CCCCC1. The molecule has 0 bridgehead atoms. The quantitative estimate of drug-likeness (QED) is 0.653. The van der Waals surface area contributed by atoms with Crippen LogP contribution in [-0.4, -0.2) is 50.5 Å². The molecule has 7 nitrogen and oxygen atoms in total. The number of rotatable bonds is 3. The van der Waals surface area contributed by atoms with Gasteiger partial charge in [0.2, 0.25) is 11.8 Å². The van der Waals surface area contributed by atoms with E-state index in [-0.39, 0.29) is 36.6 Å². The zero-order valence-corrected chi connectivity index (χ0v) is 16.9. The lowest BCUT2D eigenvalue weighted by atomic mass is 9.64. The van der Waals surface area contributed by atoms with E-state index >= 15 is 0 Å². The van der Waals surface area contributed by atoms with E-state index in [0.717, 1.165) is 32.1 Å². The Balaban J connectivity index is 1.48. The van der Waals surface area contributed by atoms with Gasteiger partial charge in [-0.1, -0.05) is 31.4 Å². The Labute approximate surface area is 175 Å². The summed E-state index contributed by atoms with van der Waals surface area (Å²) in [5.74, 6) is -4.20. The van der Waals surface area contributed by atoms with Crippen LogP contribution in [0.5, 0.6) is 5.75 Å². The fourth-order valence-electron chi connectivity index (χ4n) is 6.35. The van der Waals surface area contributed by atoms with Gasteiger partial charge in [-0.15, -0.1) is 0 Å². The molecular formula is C23H29NO6. The molecule has 162 valence electrons. The molecule has 6 atom stereocenters. The summed E-state index contributed by atoms with van der Waals surface area (Å²) in [6.07, 6.45) is 4.97. The highest BCUT2D eigenvalue weighted by Crippen LogP contribution is 2.58. The lowest BCUT2D eigenvalue weighted by Crippen LogP contribution is -2.54. The van der Waals surface area contributed by atoms with Crippen LogP contribution >= 0.6 is 0 Å². The number of amides is 2. The van der Waals surface area contributed by atoms with Crippen LogP contribution < -0.4 is 0 Å². The molecule has 1 aromatic carbocycles. The van der Waals surface area contributed by atoms with Crippen LogP contribution in [0.25, 0.3) is 0 Å². The first kappa shape index (κ1) is 20.0. The predicted octanol–water partition coefficient (Wildman–Crippen LogP) is 2.10. The zero-order valence-electron chi connectivity index (χ0n) is 16.9. The summed E-state index contributed by atoms with van der Waals surface area (Å²) in [7, 11) is 0. The summed E-state index contributed by atoms with van der Waals surface area (Å²) in [5.41, 5.74) is 0.715. The van der Waals surface area contributed by atoms with Crippen molar-refractivity contribution in [3.05, 3.63) is 29.8 Å². The number of aliphatic hydroxyl groups excluding tert-OH is 1. The molecule has 2 saturated heterocycles. The Morgan fingerprint density at radius 3 is 2.57 bits per heavy atom. The van der Waals surface area contributed by atoms with Crippen LogP contribution in [0.1, 0.15) is 56.6 Å². The van der Waals surface area contributed by atoms with Gasteiger partial charge in [-0.05, 0) is 43.4 Å². The van der Waals surface area contributed by atoms with E-state index in [1.807, 2.05) is 6.07 Å². The van der Waals surface area contributed by atoms with E-state index in [9.17, 15) is 24.9 Å². The fraction of sp³-hybridized carbons (Fsp3) is 0.652. The Morgan fingerprint density at radius 2 is 1.87 bits per heavy atom. The first-order valence-corrected chi connectivity index (χ1v) is 11.1. The number of hydrogen-bond donors (Lipinski definition) is 3. The smallest absolute Gasteiger partial charge is 0.233 e. The molecule has 2 aliphatic carbocycles. The minimum absolute atomic E-state index is 0.0470. The van der Waals surface area contributed by atoms with Gasteiger partial charge in [0.15, 0.2) is 5.79 Å². The molecular weight excluding hydrogens is 386 g/mol. The summed E-state index contributed by atoms with van der Waals surface area (Å²) >= 11 is 0. The topological polar surface area (TPSA) is 107 Å². The van der Waals surface area contributed by atoms with E-state index in [0.29, 0.717) is 12.0 Å². The lowest BCUT2D eigenvalue weighted by molar-refractivity contribution is -0.274. The van der Waals surface area contributed by atoms with Gasteiger partial charge in [0.05, 0.1) is 24.5 Å². The number of benzene rings is 1. The van der Waals surface area contributed by atoms with Crippen molar-refractivity contribution in [3.63, 3.8) is 0 Å². The first-order valence-electron chi connectivity index (χ1n) is 11.1. The molecule has 4 fully saturated rings. The molecule has 0 aromatic heterocycles. The maximum atomic E-state index is 13.5. The molecule has 4 aliphatic rings. The maximum Gasteiger partial charge on any atom is 0.233 e. The predicted molar refractivity (Wildman–Crippen MR) is 106 cm³/mol. The number of ether oxygens (including phenoxy) is 1. The van der Waals surface area contributed by atoms with E-state index in [4.69, 9.17) is 4.74 Å². The second kappa shape index (κ2) is 7.32. The van der Waals surface area contributed by atoms with Crippen molar-refractivity contribution in [1.82, 2.24) is 4.90 Å². The number of aliphatic hydroxyl groups is 2. The Kier molecular flexibility index (Phi) is 4.87. The Morgan fingerprint density at radius 1 is 1.10 bits per heavy atom. The third kappa shape index (κ3) is 2.90. The highest BCUT2D eigenvalue weighted by molar-refractivity contribution is 6.05. The van der Waals surface area contributed by atoms with Gasteiger partial charge in [-0.2, -0.15) is 0 Å². The van der Waals surface area contributed by atoms with Crippen LogP contribution in [-0.2, 0) is 14.3 Å². The molecule has 5 rings (SSSR count). The molecule has 2 saturated carbocycles. The number of phenolic OH excluding ortho intramolecular Hbond substituents is 1. The summed E-state index contributed by atoms with van der Waals surface area (Å²) in [6, 6.07) is 6.63. The van der Waals surface area contributed by atoms with Crippen molar-refractivity contribution >= 4 is 11.8 Å². The number of phenols is 1. The number of likely N-dealkylation sites (tertiary alicyclic amines) is 1. The monoisotopic (exact) mass is 415 g/mol. The van der Waals surface area contributed by atoms with Crippen molar-refractivity contribution in [2.24, 2.45) is 23.7 Å². The van der Waals surface area contributed by atoms with Gasteiger partial charge in [-0.25, -0.2) is 0 Å². The molecule has 2 aliphatic heterocycles. The van der Waals surface area contributed by atoms with Gasteiger partial charge in [-0.3, -0.25) is 14.5 Å². The molecule has 2 heterocycles. The third-order valence-corrected chi connectivity index (χ3v) is 7.80. The lowest BCUT2D eigenvalue weighted by Gasteiger charge is -2.44. The standard InChI is InChI=1S/C23H29NO6/c25-12-14-10-17-20(22(28)24(21(17)27)15-6-2-1-3-7-15)18-11-19(30-23(14,18)29)13-5-4-8-16(26)9-13/h4-5,8-9,14-15,17-20,25-26,29H,1-3,6-7,10-12H2/t14-,17+,18+,19+,20+,23-/m1/s1. The van der Waals surface area contributed by atoms with Crippen molar-refractivity contribution in [2.75, 3.05) is 6.61 Å². The normalized spacial score (nSPS) is 39.3. The first-order chi connectivity index (χ1) is 14.4. The van der Waals surface area contributed by atoms with Gasteiger partial charge in [0, 0.05) is 17.9 Å². The molecule has 0 spiro atoms. The second-order valence-corrected chi connectivity index (χ2v) is 9.38. The zero-order chi connectivity index (χ0) is 21.0. The van der Waals surface area contributed by atoms with Crippen LogP contribution in [0.4, 0.5) is 0 Å². The van der Waals surface area contributed by atoms with Crippen molar-refractivity contribution in [1.29, 1.82) is 0 Å². The second-order valence-electron chi connectivity index (χ2n) is 9.38. The maximum absolute atomic E-state index is 13.5. The Bertz CT molecular complexity index is 852. The number of imide groups is 1. The van der Waals surface area contributed by atoms with E-state index < -0.39 is 35.6 Å². The minimum atomic E-state index is -1.66. The van der Waals surface area contributed by atoms with Gasteiger partial charge < -0.3 is 20.1 Å². The number of aromatic hydroxyl groups is 1. The molecule has 30 heavy (non-hydrogen) atoms. The van der Waals surface area contributed by atoms with Crippen LogP contribution in [0.3, 0.4) is 0 Å². The van der Waals surface area contributed by atoms with E-state index in [1.165, 1.54) is 4.90 Å². The molecule has 0 radical (unpaired) electrons. The van der Waals surface area contributed by atoms with Gasteiger partial charge in [0.1, 0.15) is 5.75 Å². The summed E-state index contributed by atoms with van der Waals surface area (Å²) in [6.45, 7) is -0.312. The summed E-state index contributed by atoms with van der Waals surface area (Å²) in [5, 5.41) is 31.3. The third-order valence-electron chi connectivity index (χ3n) is 7.80. The highest BCUT2D eigenvalue weighted by Gasteiger charge is 2.67. The molecule has 0 unspecified atom stereocenters. The minimum Gasteiger partial charge on any atom is -0.508 e. The van der Waals surface area contributed by atoms with Crippen LogP contribution in [0, 0.1) is 23.7 Å². The number of nitrogens with zero attached hydrogens (tertiary/aromatic N) is 1. The van der Waals surface area contributed by atoms with Crippen molar-refractivity contribution in [2.45, 2.75) is 62.9 Å². The molecule has 2 amide bonds. The van der Waals surface area contributed by atoms with Crippen molar-refractivity contribution < 1.29 is 29.6 Å². The summed E-state index contributed by atoms with van der Waals surface area (Å²) < 4.78 is 6.07. The highest BCUT2D eigenvalue weighted by atomic mass is 16.6. The average Bonchev–Trinajstić information content (AvgIpc) is 3.22. The molecule has 3 N–H and O–H groups in total. The number of carbonyl (C=O) groups excluding carboxylic acids is 2.